The molecule has 0 aromatic heterocycles. The van der Waals surface area contributed by atoms with Gasteiger partial charge in [0.05, 0.1) is 0 Å². The third-order valence-corrected chi connectivity index (χ3v) is 3.68. The molecule has 0 fully saturated rings. The van der Waals surface area contributed by atoms with E-state index in [-0.39, 0.29) is 11.3 Å². The molecule has 0 radical (unpaired) electrons. The van der Waals surface area contributed by atoms with E-state index in [1.165, 1.54) is 6.92 Å². The smallest absolute Gasteiger partial charge is 0.314 e. The summed E-state index contributed by atoms with van der Waals surface area (Å²) in [6.45, 7) is 7.72. The summed E-state index contributed by atoms with van der Waals surface area (Å²) in [7, 11) is 0. The minimum absolute atomic E-state index is 0.0172. The topological polar surface area (TPSA) is 87.3 Å². The van der Waals surface area contributed by atoms with Gasteiger partial charge in [0.2, 0.25) is 5.91 Å². The number of carbonyl (C=O) groups is 3. The van der Waals surface area contributed by atoms with E-state index in [1.54, 1.807) is 36.4 Å². The Hall–Kier alpha value is -3.15. The summed E-state index contributed by atoms with van der Waals surface area (Å²) in [4.78, 5) is 35.0. The summed E-state index contributed by atoms with van der Waals surface area (Å²) in [5, 5.41) is 7.71. The Kier molecular flexibility index (Phi) is 5.77. The van der Waals surface area contributed by atoms with Crippen LogP contribution in [-0.4, -0.2) is 17.7 Å². The molecule has 0 heterocycles. The zero-order valence-corrected chi connectivity index (χ0v) is 15.3. The molecule has 2 aromatic rings. The first-order valence-corrected chi connectivity index (χ1v) is 8.26. The second-order valence-corrected chi connectivity index (χ2v) is 6.99. The second-order valence-electron chi connectivity index (χ2n) is 6.99. The van der Waals surface area contributed by atoms with Crippen LogP contribution in [0.15, 0.2) is 48.5 Å². The molecule has 0 saturated carbocycles. The average molecular weight is 353 g/mol. The summed E-state index contributed by atoms with van der Waals surface area (Å²) in [6.07, 6.45) is 0. The molecule has 0 unspecified atom stereocenters. The Morgan fingerprint density at radius 3 is 1.35 bits per heavy atom. The molecule has 0 aliphatic carbocycles. The van der Waals surface area contributed by atoms with Crippen molar-refractivity contribution in [2.45, 2.75) is 33.1 Å². The minimum atomic E-state index is -0.767. The summed E-state index contributed by atoms with van der Waals surface area (Å²) in [5.41, 5.74) is 2.78. The normalized spacial score (nSPS) is 10.8. The number of rotatable bonds is 3. The van der Waals surface area contributed by atoms with Gasteiger partial charge in [-0.25, -0.2) is 0 Å². The Morgan fingerprint density at radius 2 is 1.00 bits per heavy atom. The van der Waals surface area contributed by atoms with Crippen LogP contribution in [0.2, 0.25) is 0 Å². The largest absolute Gasteiger partial charge is 0.326 e. The van der Waals surface area contributed by atoms with Crippen LogP contribution in [0.25, 0.3) is 0 Å². The van der Waals surface area contributed by atoms with E-state index < -0.39 is 11.8 Å². The van der Waals surface area contributed by atoms with Crippen LogP contribution in [0.4, 0.5) is 17.1 Å². The molecule has 3 amide bonds. The molecule has 0 bridgehead atoms. The van der Waals surface area contributed by atoms with E-state index in [1.807, 2.05) is 12.1 Å². The predicted molar refractivity (Wildman–Crippen MR) is 103 cm³/mol. The van der Waals surface area contributed by atoms with Crippen LogP contribution in [0, 0.1) is 0 Å². The van der Waals surface area contributed by atoms with Crippen molar-refractivity contribution in [1.82, 2.24) is 0 Å². The van der Waals surface area contributed by atoms with E-state index in [9.17, 15) is 14.4 Å². The average Bonchev–Trinajstić information content (AvgIpc) is 2.55. The van der Waals surface area contributed by atoms with E-state index in [0.29, 0.717) is 17.1 Å². The third-order valence-electron chi connectivity index (χ3n) is 3.68. The van der Waals surface area contributed by atoms with Crippen molar-refractivity contribution in [3.8, 4) is 0 Å². The molecule has 2 aromatic carbocycles. The van der Waals surface area contributed by atoms with Crippen molar-refractivity contribution in [2.75, 3.05) is 16.0 Å². The quantitative estimate of drug-likeness (QED) is 0.738. The van der Waals surface area contributed by atoms with Crippen molar-refractivity contribution >= 4 is 34.8 Å². The van der Waals surface area contributed by atoms with E-state index >= 15 is 0 Å². The lowest BCUT2D eigenvalue weighted by Crippen LogP contribution is -2.29. The maximum atomic E-state index is 12.0. The van der Waals surface area contributed by atoms with Crippen LogP contribution in [0.1, 0.15) is 33.3 Å². The number of hydrogen-bond donors (Lipinski definition) is 3. The first-order valence-electron chi connectivity index (χ1n) is 8.26. The van der Waals surface area contributed by atoms with Crippen LogP contribution < -0.4 is 16.0 Å². The predicted octanol–water partition coefficient (Wildman–Crippen LogP) is 3.52. The standard InChI is InChI=1S/C20H23N3O3/c1-13(24)21-15-9-11-17(12-10-15)23-19(26)18(25)22-16-7-5-14(6-8-16)20(2,3)4/h5-12H,1-4H3,(H,21,24)(H,22,25)(H,23,26). The molecule has 2 rings (SSSR count). The summed E-state index contributed by atoms with van der Waals surface area (Å²) < 4.78 is 0. The maximum Gasteiger partial charge on any atom is 0.314 e. The third kappa shape index (κ3) is 5.44. The van der Waals surface area contributed by atoms with Gasteiger partial charge in [-0.15, -0.1) is 0 Å². The summed E-state index contributed by atoms with van der Waals surface area (Å²) in [5.74, 6) is -1.70. The molecule has 3 N–H and O–H groups in total. The van der Waals surface area contributed by atoms with Crippen molar-refractivity contribution in [3.63, 3.8) is 0 Å². The van der Waals surface area contributed by atoms with Gasteiger partial charge >= 0.3 is 11.8 Å². The van der Waals surface area contributed by atoms with E-state index in [2.05, 4.69) is 36.7 Å². The Morgan fingerprint density at radius 1 is 0.654 bits per heavy atom. The first-order chi connectivity index (χ1) is 12.1. The number of benzene rings is 2. The number of nitrogens with one attached hydrogen (secondary N) is 3. The number of carbonyl (C=O) groups excluding carboxylic acids is 3. The molecule has 0 spiro atoms. The fourth-order valence-electron chi connectivity index (χ4n) is 2.27. The highest BCUT2D eigenvalue weighted by Gasteiger charge is 2.16. The molecule has 6 heteroatoms. The van der Waals surface area contributed by atoms with Gasteiger partial charge in [0.1, 0.15) is 0 Å². The monoisotopic (exact) mass is 353 g/mol. The van der Waals surface area contributed by atoms with E-state index in [4.69, 9.17) is 0 Å². The number of hydrogen-bond acceptors (Lipinski definition) is 3. The first kappa shape index (κ1) is 19.2. The van der Waals surface area contributed by atoms with Gasteiger partial charge in [-0.2, -0.15) is 0 Å². The fraction of sp³-hybridized carbons (Fsp3) is 0.250. The van der Waals surface area contributed by atoms with Gasteiger partial charge in [0.15, 0.2) is 0 Å². The molecule has 0 atom stereocenters. The number of amides is 3. The highest BCUT2D eigenvalue weighted by Crippen LogP contribution is 2.23. The molecular weight excluding hydrogens is 330 g/mol. The van der Waals surface area contributed by atoms with Crippen LogP contribution >= 0.6 is 0 Å². The Balaban J connectivity index is 1.95. The van der Waals surface area contributed by atoms with Gasteiger partial charge in [0.25, 0.3) is 0 Å². The molecule has 0 aliphatic rings. The second kappa shape index (κ2) is 7.82. The van der Waals surface area contributed by atoms with Crippen LogP contribution in [0.3, 0.4) is 0 Å². The molecule has 6 nitrogen and oxygen atoms in total. The Labute approximate surface area is 153 Å². The minimum Gasteiger partial charge on any atom is -0.326 e. The van der Waals surface area contributed by atoms with Gasteiger partial charge < -0.3 is 16.0 Å². The van der Waals surface area contributed by atoms with Gasteiger partial charge in [-0.1, -0.05) is 32.9 Å². The van der Waals surface area contributed by atoms with Gasteiger partial charge in [-0.05, 0) is 47.4 Å². The lowest BCUT2D eigenvalue weighted by Gasteiger charge is -2.19. The van der Waals surface area contributed by atoms with Crippen molar-refractivity contribution in [2.24, 2.45) is 0 Å². The molecule has 26 heavy (non-hydrogen) atoms. The van der Waals surface area contributed by atoms with Crippen molar-refractivity contribution < 1.29 is 14.4 Å². The highest BCUT2D eigenvalue weighted by molar-refractivity contribution is 6.43. The zero-order chi connectivity index (χ0) is 19.3. The molecule has 136 valence electrons. The lowest BCUT2D eigenvalue weighted by atomic mass is 9.87. The van der Waals surface area contributed by atoms with Crippen molar-refractivity contribution in [1.29, 1.82) is 0 Å². The summed E-state index contributed by atoms with van der Waals surface area (Å²) >= 11 is 0. The fourth-order valence-corrected chi connectivity index (χ4v) is 2.27. The van der Waals surface area contributed by atoms with Gasteiger partial charge in [-0.3, -0.25) is 14.4 Å². The molecule has 0 saturated heterocycles. The molecular formula is C20H23N3O3. The lowest BCUT2D eigenvalue weighted by molar-refractivity contribution is -0.132. The Bertz CT molecular complexity index is 804. The van der Waals surface area contributed by atoms with Crippen LogP contribution in [0.5, 0.6) is 0 Å². The zero-order valence-electron chi connectivity index (χ0n) is 15.3. The van der Waals surface area contributed by atoms with Crippen molar-refractivity contribution in [3.05, 3.63) is 54.1 Å². The number of anilines is 3. The van der Waals surface area contributed by atoms with Crippen LogP contribution in [-0.2, 0) is 19.8 Å². The highest BCUT2D eigenvalue weighted by atomic mass is 16.2. The maximum absolute atomic E-state index is 12.0. The summed E-state index contributed by atoms with van der Waals surface area (Å²) in [6, 6.07) is 13.9. The van der Waals surface area contributed by atoms with Gasteiger partial charge in [0, 0.05) is 24.0 Å². The van der Waals surface area contributed by atoms with E-state index in [0.717, 1.165) is 5.56 Å². The SMILES string of the molecule is CC(=O)Nc1ccc(NC(=O)C(=O)Nc2ccc(C(C)(C)C)cc2)cc1. The molecule has 0 aliphatic heterocycles.